The number of amides is 1. The number of benzene rings is 1. The number of rotatable bonds is 2. The first kappa shape index (κ1) is 9.48. The number of nitrogens with one attached hydrogen (secondary N) is 1. The molecule has 0 radical (unpaired) electrons. The molecule has 0 aliphatic rings. The Balaban J connectivity index is 2.23. The van der Waals surface area contributed by atoms with Gasteiger partial charge in [-0.2, -0.15) is 5.06 Å². The zero-order valence-corrected chi connectivity index (χ0v) is 7.92. The van der Waals surface area contributed by atoms with Crippen molar-refractivity contribution in [3.63, 3.8) is 0 Å². The average molecular weight is 202 g/mol. The van der Waals surface area contributed by atoms with Crippen LogP contribution in [0.2, 0.25) is 0 Å². The monoisotopic (exact) mass is 202 g/mol. The van der Waals surface area contributed by atoms with Crippen LogP contribution in [0.5, 0.6) is 0 Å². The molecule has 0 spiro atoms. The molecule has 4 heteroatoms. The number of aromatic amines is 1. The second kappa shape index (κ2) is 3.98. The summed E-state index contributed by atoms with van der Waals surface area (Å²) < 4.78 is 0. The second-order valence-electron chi connectivity index (χ2n) is 3.04. The third kappa shape index (κ3) is 1.89. The van der Waals surface area contributed by atoms with Gasteiger partial charge in [0, 0.05) is 6.20 Å². The van der Waals surface area contributed by atoms with Gasteiger partial charge in [0.25, 0.3) is 5.91 Å². The maximum absolute atomic E-state index is 11.7. The van der Waals surface area contributed by atoms with Gasteiger partial charge in [-0.25, -0.2) is 0 Å². The summed E-state index contributed by atoms with van der Waals surface area (Å²) in [6.45, 7) is 0. The van der Waals surface area contributed by atoms with Crippen LogP contribution in [0.4, 0.5) is 5.69 Å². The third-order valence-corrected chi connectivity index (χ3v) is 2.02. The smallest absolute Gasteiger partial charge is 0.298 e. The number of H-pyrrole nitrogens is 1. The zero-order valence-electron chi connectivity index (χ0n) is 7.92. The van der Waals surface area contributed by atoms with E-state index in [4.69, 9.17) is 0 Å². The number of nitrogens with zero attached hydrogens (tertiary/aromatic N) is 1. The van der Waals surface area contributed by atoms with Crippen LogP contribution in [-0.2, 0) is 0 Å². The maximum Gasteiger partial charge on any atom is 0.298 e. The SMILES string of the molecule is O=C(c1ccc[nH]1)N(O)c1ccccc1. The lowest BCUT2D eigenvalue weighted by atomic mass is 10.3. The van der Waals surface area contributed by atoms with E-state index in [0.717, 1.165) is 0 Å². The molecule has 0 saturated heterocycles. The molecule has 0 bridgehead atoms. The van der Waals surface area contributed by atoms with Crippen molar-refractivity contribution in [1.82, 2.24) is 4.98 Å². The van der Waals surface area contributed by atoms with Crippen LogP contribution in [0.15, 0.2) is 48.7 Å². The van der Waals surface area contributed by atoms with Crippen LogP contribution in [0, 0.1) is 0 Å². The minimum Gasteiger partial charge on any atom is -0.357 e. The first-order valence-electron chi connectivity index (χ1n) is 4.51. The summed E-state index contributed by atoms with van der Waals surface area (Å²) in [5.74, 6) is -0.480. The molecule has 0 atom stereocenters. The van der Waals surface area contributed by atoms with Crippen molar-refractivity contribution in [2.24, 2.45) is 0 Å². The summed E-state index contributed by atoms with van der Waals surface area (Å²) >= 11 is 0. The van der Waals surface area contributed by atoms with Crippen molar-refractivity contribution in [2.75, 3.05) is 5.06 Å². The minimum absolute atomic E-state index is 0.348. The number of para-hydroxylation sites is 1. The van der Waals surface area contributed by atoms with E-state index in [-0.39, 0.29) is 0 Å². The quantitative estimate of drug-likeness (QED) is 0.578. The molecule has 15 heavy (non-hydrogen) atoms. The average Bonchev–Trinajstić information content (AvgIpc) is 2.82. The number of hydroxylamine groups is 1. The Morgan fingerprint density at radius 2 is 1.87 bits per heavy atom. The number of aromatic nitrogens is 1. The number of carbonyl (C=O) groups is 1. The minimum atomic E-state index is -0.480. The largest absolute Gasteiger partial charge is 0.357 e. The fraction of sp³-hybridized carbons (Fsp3) is 0. The number of carbonyl (C=O) groups excluding carboxylic acids is 1. The topological polar surface area (TPSA) is 56.3 Å². The highest BCUT2D eigenvalue weighted by Gasteiger charge is 2.15. The van der Waals surface area contributed by atoms with E-state index in [1.807, 2.05) is 6.07 Å². The van der Waals surface area contributed by atoms with Gasteiger partial charge in [-0.05, 0) is 24.3 Å². The summed E-state index contributed by atoms with van der Waals surface area (Å²) in [6, 6.07) is 11.9. The Hall–Kier alpha value is -2.07. The lowest BCUT2D eigenvalue weighted by Crippen LogP contribution is -2.27. The number of hydrogen-bond acceptors (Lipinski definition) is 2. The highest BCUT2D eigenvalue weighted by molar-refractivity contribution is 6.03. The predicted molar refractivity (Wildman–Crippen MR) is 55.8 cm³/mol. The molecule has 0 aliphatic heterocycles. The van der Waals surface area contributed by atoms with Gasteiger partial charge in [0.15, 0.2) is 0 Å². The Bertz CT molecular complexity index is 437. The Labute approximate surface area is 86.7 Å². The molecule has 1 amide bonds. The molecular weight excluding hydrogens is 192 g/mol. The molecule has 1 aromatic heterocycles. The fourth-order valence-electron chi connectivity index (χ4n) is 1.26. The highest BCUT2D eigenvalue weighted by atomic mass is 16.5. The van der Waals surface area contributed by atoms with Crippen molar-refractivity contribution in [3.05, 3.63) is 54.4 Å². The maximum atomic E-state index is 11.7. The molecule has 2 rings (SSSR count). The highest BCUT2D eigenvalue weighted by Crippen LogP contribution is 2.13. The van der Waals surface area contributed by atoms with Crippen LogP contribution in [-0.4, -0.2) is 16.1 Å². The van der Waals surface area contributed by atoms with E-state index >= 15 is 0 Å². The molecular formula is C11H10N2O2. The van der Waals surface area contributed by atoms with Crippen LogP contribution in [0.1, 0.15) is 10.5 Å². The van der Waals surface area contributed by atoms with Gasteiger partial charge in [-0.1, -0.05) is 18.2 Å². The van der Waals surface area contributed by atoms with E-state index in [1.165, 1.54) is 0 Å². The van der Waals surface area contributed by atoms with Crippen LogP contribution in [0.3, 0.4) is 0 Å². The molecule has 1 heterocycles. The van der Waals surface area contributed by atoms with Crippen molar-refractivity contribution in [2.45, 2.75) is 0 Å². The lowest BCUT2D eigenvalue weighted by molar-refractivity contribution is 0.0850. The zero-order chi connectivity index (χ0) is 10.7. The number of hydrogen-bond donors (Lipinski definition) is 2. The van der Waals surface area contributed by atoms with Crippen LogP contribution < -0.4 is 5.06 Å². The van der Waals surface area contributed by atoms with E-state index in [9.17, 15) is 10.0 Å². The van der Waals surface area contributed by atoms with E-state index in [1.54, 1.807) is 42.6 Å². The van der Waals surface area contributed by atoms with Crippen molar-refractivity contribution in [3.8, 4) is 0 Å². The van der Waals surface area contributed by atoms with Gasteiger partial charge in [0.1, 0.15) is 5.69 Å². The molecule has 0 fully saturated rings. The van der Waals surface area contributed by atoms with Gasteiger partial charge in [0.2, 0.25) is 0 Å². The summed E-state index contributed by atoms with van der Waals surface area (Å²) in [5.41, 5.74) is 0.790. The number of anilines is 1. The van der Waals surface area contributed by atoms with Crippen molar-refractivity contribution < 1.29 is 10.0 Å². The molecule has 76 valence electrons. The van der Waals surface area contributed by atoms with Gasteiger partial charge < -0.3 is 4.98 Å². The van der Waals surface area contributed by atoms with Gasteiger partial charge >= 0.3 is 0 Å². The van der Waals surface area contributed by atoms with Crippen LogP contribution in [0.25, 0.3) is 0 Å². The molecule has 2 aromatic rings. The van der Waals surface area contributed by atoms with E-state index in [2.05, 4.69) is 4.98 Å². The van der Waals surface area contributed by atoms with Gasteiger partial charge in [-0.15, -0.1) is 0 Å². The van der Waals surface area contributed by atoms with E-state index in [0.29, 0.717) is 16.4 Å². The molecule has 0 saturated carbocycles. The molecule has 4 nitrogen and oxygen atoms in total. The van der Waals surface area contributed by atoms with Crippen molar-refractivity contribution >= 4 is 11.6 Å². The normalized spacial score (nSPS) is 9.93. The third-order valence-electron chi connectivity index (χ3n) is 2.02. The summed E-state index contributed by atoms with van der Waals surface area (Å²) in [6.07, 6.45) is 1.63. The van der Waals surface area contributed by atoms with Gasteiger partial charge in [-0.3, -0.25) is 10.0 Å². The fourth-order valence-corrected chi connectivity index (χ4v) is 1.26. The molecule has 0 unspecified atom stereocenters. The summed E-state index contributed by atoms with van der Waals surface area (Å²) in [5, 5.41) is 10.2. The summed E-state index contributed by atoms with van der Waals surface area (Å²) in [4.78, 5) is 14.4. The Kier molecular flexibility index (Phi) is 2.51. The first-order valence-corrected chi connectivity index (χ1v) is 4.51. The standard InChI is InChI=1S/C11H10N2O2/c14-11(10-7-4-8-12-10)13(15)9-5-2-1-3-6-9/h1-8,12,15H. The van der Waals surface area contributed by atoms with Gasteiger partial charge in [0.05, 0.1) is 5.69 Å². The summed E-state index contributed by atoms with van der Waals surface area (Å²) in [7, 11) is 0. The van der Waals surface area contributed by atoms with Crippen LogP contribution >= 0.6 is 0 Å². The Morgan fingerprint density at radius 1 is 1.13 bits per heavy atom. The first-order chi connectivity index (χ1) is 7.29. The lowest BCUT2D eigenvalue weighted by Gasteiger charge is -2.13. The van der Waals surface area contributed by atoms with E-state index < -0.39 is 5.91 Å². The Morgan fingerprint density at radius 3 is 2.47 bits per heavy atom. The predicted octanol–water partition coefficient (Wildman–Crippen LogP) is 2.05. The molecule has 0 aliphatic carbocycles. The van der Waals surface area contributed by atoms with Crippen molar-refractivity contribution in [1.29, 1.82) is 0 Å². The molecule has 2 N–H and O–H groups in total. The second-order valence-corrected chi connectivity index (χ2v) is 3.04. The molecule has 1 aromatic carbocycles.